The quantitative estimate of drug-likeness (QED) is 0.856. The minimum Gasteiger partial charge on any atom is -0.331 e. The minimum absolute atomic E-state index is 0.505. The van der Waals surface area contributed by atoms with Gasteiger partial charge in [0.1, 0.15) is 5.82 Å². The van der Waals surface area contributed by atoms with E-state index < -0.39 is 0 Å². The van der Waals surface area contributed by atoms with E-state index in [0.29, 0.717) is 6.04 Å². The van der Waals surface area contributed by atoms with E-state index in [1.807, 2.05) is 13.2 Å². The molecule has 0 atom stereocenters. The van der Waals surface area contributed by atoms with E-state index in [9.17, 15) is 0 Å². The van der Waals surface area contributed by atoms with Gasteiger partial charge in [-0.15, -0.1) is 0 Å². The summed E-state index contributed by atoms with van der Waals surface area (Å²) in [7, 11) is 2.04. The van der Waals surface area contributed by atoms with Crippen LogP contribution in [0.3, 0.4) is 0 Å². The number of hydrogen-bond donors (Lipinski definition) is 1. The highest BCUT2D eigenvalue weighted by Gasteiger charge is 2.20. The van der Waals surface area contributed by atoms with Crippen molar-refractivity contribution in [2.75, 3.05) is 26.7 Å². The predicted molar refractivity (Wildman–Crippen MR) is 79.2 cm³/mol. The van der Waals surface area contributed by atoms with Gasteiger partial charge in [-0.2, -0.15) is 0 Å². The standard InChI is InChI=1S/C15H28N4/c1-13(2)19-11-8-17-15(19)12-18-9-5-14(6-10-18)4-7-16-3/h8,11,13-14,16H,4-7,9-10,12H2,1-3H3. The number of likely N-dealkylation sites (tertiary alicyclic amines) is 1. The summed E-state index contributed by atoms with van der Waals surface area (Å²) >= 11 is 0. The topological polar surface area (TPSA) is 33.1 Å². The fourth-order valence-electron chi connectivity index (χ4n) is 2.92. The molecule has 0 spiro atoms. The molecule has 108 valence electrons. The summed E-state index contributed by atoms with van der Waals surface area (Å²) < 4.78 is 2.28. The van der Waals surface area contributed by atoms with Gasteiger partial charge in [0.05, 0.1) is 6.54 Å². The van der Waals surface area contributed by atoms with Gasteiger partial charge in [-0.25, -0.2) is 4.98 Å². The highest BCUT2D eigenvalue weighted by Crippen LogP contribution is 2.21. The van der Waals surface area contributed by atoms with Crippen molar-refractivity contribution in [1.29, 1.82) is 0 Å². The fourth-order valence-corrected chi connectivity index (χ4v) is 2.92. The second kappa shape index (κ2) is 7.06. The van der Waals surface area contributed by atoms with Crippen molar-refractivity contribution in [2.45, 2.75) is 45.7 Å². The van der Waals surface area contributed by atoms with Crippen molar-refractivity contribution in [3.8, 4) is 0 Å². The van der Waals surface area contributed by atoms with Crippen LogP contribution in [0.25, 0.3) is 0 Å². The maximum Gasteiger partial charge on any atom is 0.123 e. The van der Waals surface area contributed by atoms with Crippen LogP contribution in [0.1, 0.15) is 45.0 Å². The smallest absolute Gasteiger partial charge is 0.123 e. The Morgan fingerprint density at radius 1 is 1.37 bits per heavy atom. The number of piperidine rings is 1. The summed E-state index contributed by atoms with van der Waals surface area (Å²) in [5.41, 5.74) is 0. The number of imidazole rings is 1. The monoisotopic (exact) mass is 264 g/mol. The first kappa shape index (κ1) is 14.5. The highest BCUT2D eigenvalue weighted by molar-refractivity contribution is 4.94. The third kappa shape index (κ3) is 4.05. The lowest BCUT2D eigenvalue weighted by Crippen LogP contribution is -2.34. The molecule has 4 nitrogen and oxygen atoms in total. The van der Waals surface area contributed by atoms with E-state index in [1.54, 1.807) is 0 Å². The number of hydrogen-bond acceptors (Lipinski definition) is 3. The average molecular weight is 264 g/mol. The van der Waals surface area contributed by atoms with Crippen molar-refractivity contribution in [2.24, 2.45) is 5.92 Å². The Bertz CT molecular complexity index is 364. The second-order valence-corrected chi connectivity index (χ2v) is 5.96. The molecule has 2 heterocycles. The van der Waals surface area contributed by atoms with Gasteiger partial charge in [0.15, 0.2) is 0 Å². The molecular weight excluding hydrogens is 236 g/mol. The normalized spacial score (nSPS) is 18.3. The molecule has 1 aromatic heterocycles. The van der Waals surface area contributed by atoms with Gasteiger partial charge >= 0.3 is 0 Å². The van der Waals surface area contributed by atoms with Crippen LogP contribution >= 0.6 is 0 Å². The average Bonchev–Trinajstić information content (AvgIpc) is 2.86. The van der Waals surface area contributed by atoms with Crippen LogP contribution in [-0.4, -0.2) is 41.1 Å². The molecule has 0 bridgehead atoms. The molecule has 0 saturated carbocycles. The maximum atomic E-state index is 4.51. The summed E-state index contributed by atoms with van der Waals surface area (Å²) in [5.74, 6) is 2.12. The molecule has 1 fully saturated rings. The first-order chi connectivity index (χ1) is 9.20. The van der Waals surface area contributed by atoms with Gasteiger partial charge < -0.3 is 9.88 Å². The summed E-state index contributed by atoms with van der Waals surface area (Å²) in [6.07, 6.45) is 8.02. The van der Waals surface area contributed by atoms with Crippen molar-refractivity contribution < 1.29 is 0 Å². The van der Waals surface area contributed by atoms with Crippen LogP contribution < -0.4 is 5.32 Å². The molecule has 0 aromatic carbocycles. The third-order valence-electron chi connectivity index (χ3n) is 4.18. The van der Waals surface area contributed by atoms with Crippen LogP contribution in [0, 0.1) is 5.92 Å². The number of nitrogens with zero attached hydrogens (tertiary/aromatic N) is 3. The zero-order valence-corrected chi connectivity index (χ0v) is 12.6. The van der Waals surface area contributed by atoms with Crippen LogP contribution in [0.4, 0.5) is 0 Å². The molecule has 0 unspecified atom stereocenters. The maximum absolute atomic E-state index is 4.51. The molecular formula is C15H28N4. The van der Waals surface area contributed by atoms with Crippen LogP contribution in [-0.2, 0) is 6.54 Å². The van der Waals surface area contributed by atoms with Gasteiger partial charge in [0.2, 0.25) is 0 Å². The SMILES string of the molecule is CNCCC1CCN(Cc2nccn2C(C)C)CC1. The molecule has 4 heteroatoms. The van der Waals surface area contributed by atoms with E-state index in [-0.39, 0.29) is 0 Å². The number of rotatable bonds is 6. The zero-order chi connectivity index (χ0) is 13.7. The molecule has 1 N–H and O–H groups in total. The van der Waals surface area contributed by atoms with Crippen molar-refractivity contribution >= 4 is 0 Å². The van der Waals surface area contributed by atoms with Crippen LogP contribution in [0.2, 0.25) is 0 Å². The number of nitrogens with one attached hydrogen (secondary N) is 1. The van der Waals surface area contributed by atoms with Crippen LogP contribution in [0.5, 0.6) is 0 Å². The lowest BCUT2D eigenvalue weighted by atomic mass is 9.93. The van der Waals surface area contributed by atoms with Gasteiger partial charge in [-0.1, -0.05) is 0 Å². The minimum atomic E-state index is 0.505. The fraction of sp³-hybridized carbons (Fsp3) is 0.800. The van der Waals surface area contributed by atoms with E-state index in [4.69, 9.17) is 0 Å². The molecule has 1 saturated heterocycles. The van der Waals surface area contributed by atoms with Crippen molar-refractivity contribution in [3.05, 3.63) is 18.2 Å². The van der Waals surface area contributed by atoms with Crippen molar-refractivity contribution in [1.82, 2.24) is 19.8 Å². The number of aromatic nitrogens is 2. The van der Waals surface area contributed by atoms with Gasteiger partial charge in [0.25, 0.3) is 0 Å². The summed E-state index contributed by atoms with van der Waals surface area (Å²) in [6.45, 7) is 9.04. The Morgan fingerprint density at radius 3 is 2.74 bits per heavy atom. The molecule has 1 aliphatic rings. The lowest BCUT2D eigenvalue weighted by Gasteiger charge is -2.32. The second-order valence-electron chi connectivity index (χ2n) is 5.96. The highest BCUT2D eigenvalue weighted by atomic mass is 15.2. The molecule has 1 aliphatic heterocycles. The first-order valence-electron chi connectivity index (χ1n) is 7.59. The zero-order valence-electron chi connectivity index (χ0n) is 12.6. The van der Waals surface area contributed by atoms with Gasteiger partial charge in [-0.3, -0.25) is 4.90 Å². The molecule has 0 aliphatic carbocycles. The Labute approximate surface area is 117 Å². The van der Waals surface area contributed by atoms with E-state index >= 15 is 0 Å². The van der Waals surface area contributed by atoms with E-state index in [0.717, 1.165) is 19.0 Å². The first-order valence-corrected chi connectivity index (χ1v) is 7.59. The van der Waals surface area contributed by atoms with Crippen LogP contribution in [0.15, 0.2) is 12.4 Å². The molecule has 1 aromatic rings. The van der Waals surface area contributed by atoms with Gasteiger partial charge in [-0.05, 0) is 65.7 Å². The van der Waals surface area contributed by atoms with E-state index in [1.165, 1.54) is 38.2 Å². The van der Waals surface area contributed by atoms with Gasteiger partial charge in [0, 0.05) is 18.4 Å². The molecule has 2 rings (SSSR count). The summed E-state index contributed by atoms with van der Waals surface area (Å²) in [5, 5.41) is 3.26. The van der Waals surface area contributed by atoms with Crippen molar-refractivity contribution in [3.63, 3.8) is 0 Å². The Hall–Kier alpha value is -0.870. The Morgan fingerprint density at radius 2 is 2.11 bits per heavy atom. The third-order valence-corrected chi connectivity index (χ3v) is 4.18. The summed E-state index contributed by atoms with van der Waals surface area (Å²) in [4.78, 5) is 7.06. The molecule has 0 amide bonds. The molecule has 19 heavy (non-hydrogen) atoms. The van der Waals surface area contributed by atoms with E-state index in [2.05, 4.69) is 39.8 Å². The summed E-state index contributed by atoms with van der Waals surface area (Å²) in [6, 6.07) is 0.505. The largest absolute Gasteiger partial charge is 0.331 e. The Kier molecular flexibility index (Phi) is 5.40. The lowest BCUT2D eigenvalue weighted by molar-refractivity contribution is 0.166. The molecule has 0 radical (unpaired) electrons. The Balaban J connectivity index is 1.80. The predicted octanol–water partition coefficient (Wildman–Crippen LogP) is 2.29.